The van der Waals surface area contributed by atoms with Crippen molar-refractivity contribution in [3.63, 3.8) is 0 Å². The van der Waals surface area contributed by atoms with Gasteiger partial charge < -0.3 is 9.47 Å². The molecule has 1 aliphatic carbocycles. The summed E-state index contributed by atoms with van der Waals surface area (Å²) < 4.78 is 11.3. The predicted molar refractivity (Wildman–Crippen MR) is 72.1 cm³/mol. The van der Waals surface area contributed by atoms with E-state index in [-0.39, 0.29) is 10.9 Å². The molecular weight excluding hydrogens is 315 g/mol. The van der Waals surface area contributed by atoms with E-state index < -0.39 is 0 Å². The number of hydrogen-bond donors (Lipinski definition) is 0. The van der Waals surface area contributed by atoms with Gasteiger partial charge >= 0.3 is 0 Å². The summed E-state index contributed by atoms with van der Waals surface area (Å²) in [7, 11) is 0. The highest BCUT2D eigenvalue weighted by Gasteiger charge is 2.18. The zero-order valence-electron chi connectivity index (χ0n) is 9.34. The largest absolute Gasteiger partial charge is 0.376 e. The normalized spacial score (nSPS) is 21.2. The quantitative estimate of drug-likeness (QED) is 0.499. The van der Waals surface area contributed by atoms with Crippen LogP contribution in [-0.4, -0.2) is 42.0 Å². The average Bonchev–Trinajstić information content (AvgIpc) is 2.81. The van der Waals surface area contributed by atoms with Gasteiger partial charge in [-0.15, -0.1) is 23.2 Å². The Labute approximate surface area is 116 Å². The molecule has 0 spiro atoms. The number of alkyl halides is 3. The Kier molecular flexibility index (Phi) is 8.44. The topological polar surface area (TPSA) is 18.5 Å². The Morgan fingerprint density at radius 1 is 1.12 bits per heavy atom. The number of hydrogen-bond acceptors (Lipinski definition) is 2. The molecule has 0 N–H and O–H groups in total. The van der Waals surface area contributed by atoms with Crippen molar-refractivity contribution in [1.82, 2.24) is 0 Å². The van der Waals surface area contributed by atoms with E-state index in [2.05, 4.69) is 15.9 Å². The standard InChI is InChI=1S/C11H19BrCl2O2/c12-10(7-13)11(8-14)16-6-5-15-9-3-1-2-4-9/h9-11H,1-8H2. The van der Waals surface area contributed by atoms with Crippen LogP contribution in [-0.2, 0) is 9.47 Å². The fourth-order valence-corrected chi connectivity index (χ4v) is 2.87. The van der Waals surface area contributed by atoms with Crippen molar-refractivity contribution in [2.45, 2.75) is 42.7 Å². The van der Waals surface area contributed by atoms with Crippen molar-refractivity contribution in [3.8, 4) is 0 Å². The summed E-state index contributed by atoms with van der Waals surface area (Å²) in [4.78, 5) is 0.109. The molecule has 0 aromatic carbocycles. The van der Waals surface area contributed by atoms with Crippen molar-refractivity contribution < 1.29 is 9.47 Å². The third-order valence-electron chi connectivity index (χ3n) is 2.77. The van der Waals surface area contributed by atoms with Gasteiger partial charge in [0.2, 0.25) is 0 Å². The summed E-state index contributed by atoms with van der Waals surface area (Å²) in [6.07, 6.45) is 5.40. The van der Waals surface area contributed by atoms with Gasteiger partial charge in [0.05, 0.1) is 30.2 Å². The lowest BCUT2D eigenvalue weighted by molar-refractivity contribution is -0.0125. The molecule has 0 saturated heterocycles. The van der Waals surface area contributed by atoms with Gasteiger partial charge in [-0.3, -0.25) is 0 Å². The first kappa shape index (κ1) is 15.0. The van der Waals surface area contributed by atoms with E-state index in [0.29, 0.717) is 31.1 Å². The van der Waals surface area contributed by atoms with Gasteiger partial charge in [0.1, 0.15) is 0 Å². The van der Waals surface area contributed by atoms with Crippen LogP contribution in [0.15, 0.2) is 0 Å². The van der Waals surface area contributed by atoms with Gasteiger partial charge in [-0.2, -0.15) is 0 Å². The van der Waals surface area contributed by atoms with Crippen LogP contribution in [0.3, 0.4) is 0 Å². The molecule has 0 bridgehead atoms. The molecule has 0 amide bonds. The van der Waals surface area contributed by atoms with Crippen molar-refractivity contribution in [3.05, 3.63) is 0 Å². The maximum absolute atomic E-state index is 5.79. The van der Waals surface area contributed by atoms with Crippen LogP contribution in [0, 0.1) is 0 Å². The highest BCUT2D eigenvalue weighted by atomic mass is 79.9. The first-order chi connectivity index (χ1) is 7.77. The minimum atomic E-state index is -0.0358. The van der Waals surface area contributed by atoms with E-state index in [1.54, 1.807) is 0 Å². The lowest BCUT2D eigenvalue weighted by atomic mass is 10.3. The maximum atomic E-state index is 5.79. The summed E-state index contributed by atoms with van der Waals surface area (Å²) in [6, 6.07) is 0. The fourth-order valence-electron chi connectivity index (χ4n) is 1.81. The number of halogens is 3. The zero-order valence-corrected chi connectivity index (χ0v) is 12.4. The molecule has 96 valence electrons. The number of ether oxygens (including phenoxy) is 2. The van der Waals surface area contributed by atoms with Crippen LogP contribution in [0.5, 0.6) is 0 Å². The molecule has 2 nitrogen and oxygen atoms in total. The molecule has 1 rings (SSSR count). The Hall–Kier alpha value is 0.980. The van der Waals surface area contributed by atoms with Crippen LogP contribution < -0.4 is 0 Å². The third-order valence-corrected chi connectivity index (χ3v) is 4.70. The summed E-state index contributed by atoms with van der Waals surface area (Å²) in [5.41, 5.74) is 0. The Morgan fingerprint density at radius 2 is 1.81 bits per heavy atom. The van der Waals surface area contributed by atoms with E-state index in [9.17, 15) is 0 Å². The molecule has 0 aromatic rings. The van der Waals surface area contributed by atoms with Crippen molar-refractivity contribution in [2.24, 2.45) is 0 Å². The monoisotopic (exact) mass is 332 g/mol. The highest BCUT2D eigenvalue weighted by molar-refractivity contribution is 9.09. The fraction of sp³-hybridized carbons (Fsp3) is 1.00. The molecule has 1 fully saturated rings. The number of rotatable bonds is 8. The first-order valence-electron chi connectivity index (χ1n) is 5.77. The van der Waals surface area contributed by atoms with Gasteiger partial charge in [0.25, 0.3) is 0 Å². The lowest BCUT2D eigenvalue weighted by Crippen LogP contribution is -2.29. The maximum Gasteiger partial charge on any atom is 0.0847 e. The van der Waals surface area contributed by atoms with Gasteiger partial charge in [0.15, 0.2) is 0 Å². The van der Waals surface area contributed by atoms with E-state index in [1.165, 1.54) is 25.7 Å². The summed E-state index contributed by atoms with van der Waals surface area (Å²) in [6.45, 7) is 1.24. The second-order valence-corrected chi connectivity index (χ2v) is 5.80. The van der Waals surface area contributed by atoms with Gasteiger partial charge in [-0.1, -0.05) is 28.8 Å². The third kappa shape index (κ3) is 5.54. The second-order valence-electron chi connectivity index (χ2n) is 4.01. The summed E-state index contributed by atoms with van der Waals surface area (Å²) in [5.74, 6) is 0.951. The highest BCUT2D eigenvalue weighted by Crippen LogP contribution is 2.20. The van der Waals surface area contributed by atoms with Crippen molar-refractivity contribution in [2.75, 3.05) is 25.0 Å². The summed E-state index contributed by atoms with van der Waals surface area (Å²) >= 11 is 15.0. The molecular formula is C11H19BrCl2O2. The molecule has 0 radical (unpaired) electrons. The van der Waals surface area contributed by atoms with Crippen LogP contribution in [0.4, 0.5) is 0 Å². The molecule has 0 aliphatic heterocycles. The Bertz CT molecular complexity index is 177. The molecule has 2 atom stereocenters. The van der Waals surface area contributed by atoms with E-state index in [0.717, 1.165) is 0 Å². The minimum Gasteiger partial charge on any atom is -0.376 e. The average molecular weight is 334 g/mol. The molecule has 1 saturated carbocycles. The van der Waals surface area contributed by atoms with Crippen LogP contribution in [0.1, 0.15) is 25.7 Å². The second kappa shape index (κ2) is 8.98. The van der Waals surface area contributed by atoms with E-state index >= 15 is 0 Å². The summed E-state index contributed by atoms with van der Waals surface area (Å²) in [5, 5.41) is 0. The molecule has 1 aliphatic rings. The lowest BCUT2D eigenvalue weighted by Gasteiger charge is -2.19. The smallest absolute Gasteiger partial charge is 0.0847 e. The SMILES string of the molecule is ClCC(Br)C(CCl)OCCOC1CCCC1. The van der Waals surface area contributed by atoms with E-state index in [1.807, 2.05) is 0 Å². The van der Waals surface area contributed by atoms with Gasteiger partial charge in [-0.25, -0.2) is 0 Å². The van der Waals surface area contributed by atoms with Crippen LogP contribution >= 0.6 is 39.1 Å². The zero-order chi connectivity index (χ0) is 11.8. The molecule has 2 unspecified atom stereocenters. The Balaban J connectivity index is 2.03. The first-order valence-corrected chi connectivity index (χ1v) is 7.75. The molecule has 5 heteroatoms. The van der Waals surface area contributed by atoms with Crippen LogP contribution in [0.25, 0.3) is 0 Å². The van der Waals surface area contributed by atoms with Gasteiger partial charge in [-0.05, 0) is 12.8 Å². The molecule has 0 aromatic heterocycles. The van der Waals surface area contributed by atoms with Gasteiger partial charge in [0, 0.05) is 11.8 Å². The Morgan fingerprint density at radius 3 is 2.38 bits per heavy atom. The van der Waals surface area contributed by atoms with Crippen molar-refractivity contribution >= 4 is 39.1 Å². The molecule has 0 heterocycles. The predicted octanol–water partition coefficient (Wildman–Crippen LogP) is 3.57. The van der Waals surface area contributed by atoms with Crippen LogP contribution in [0.2, 0.25) is 0 Å². The molecule has 16 heavy (non-hydrogen) atoms. The minimum absolute atomic E-state index is 0.0358. The van der Waals surface area contributed by atoms with E-state index in [4.69, 9.17) is 32.7 Å². The van der Waals surface area contributed by atoms with Crippen molar-refractivity contribution in [1.29, 1.82) is 0 Å².